The molecule has 1 aromatic carbocycles. The van der Waals surface area contributed by atoms with Crippen molar-refractivity contribution in [3.63, 3.8) is 0 Å². The third-order valence-corrected chi connectivity index (χ3v) is 3.36. The van der Waals surface area contributed by atoms with Crippen LogP contribution in [0.25, 0.3) is 11.4 Å². The van der Waals surface area contributed by atoms with Crippen LogP contribution in [0.5, 0.6) is 0 Å². The van der Waals surface area contributed by atoms with Crippen LogP contribution in [0, 0.1) is 0 Å². The van der Waals surface area contributed by atoms with E-state index >= 15 is 0 Å². The average Bonchev–Trinajstić information content (AvgIpc) is 2.98. The summed E-state index contributed by atoms with van der Waals surface area (Å²) in [5, 5.41) is 9.39. The number of halogens is 1. The molecule has 0 radical (unpaired) electrons. The summed E-state index contributed by atoms with van der Waals surface area (Å²) in [6.45, 7) is 0.652. The highest BCUT2D eigenvalue weighted by molar-refractivity contribution is 6.30. The van der Waals surface area contributed by atoms with E-state index in [1.54, 1.807) is 10.9 Å². The van der Waals surface area contributed by atoms with E-state index in [9.17, 15) is 0 Å². The molecule has 20 heavy (non-hydrogen) atoms. The van der Waals surface area contributed by atoms with Crippen LogP contribution in [0.3, 0.4) is 0 Å². The van der Waals surface area contributed by atoms with Crippen LogP contribution in [0.4, 0.5) is 5.69 Å². The van der Waals surface area contributed by atoms with Crippen LogP contribution < -0.4 is 5.73 Å². The van der Waals surface area contributed by atoms with Gasteiger partial charge in [0.1, 0.15) is 5.69 Å². The first kappa shape index (κ1) is 12.7. The van der Waals surface area contributed by atoms with Gasteiger partial charge in [0.25, 0.3) is 0 Å². The molecule has 102 valence electrons. The zero-order valence-corrected chi connectivity index (χ0v) is 11.7. The molecule has 3 aromatic rings. The van der Waals surface area contributed by atoms with E-state index in [4.69, 9.17) is 17.3 Å². The van der Waals surface area contributed by atoms with Gasteiger partial charge in [-0.1, -0.05) is 23.7 Å². The van der Waals surface area contributed by atoms with Crippen molar-refractivity contribution in [1.29, 1.82) is 0 Å². The molecule has 0 amide bonds. The predicted octanol–water partition coefficient (Wildman–Crippen LogP) is 2.57. The van der Waals surface area contributed by atoms with Crippen LogP contribution in [-0.2, 0) is 13.6 Å². The quantitative estimate of drug-likeness (QED) is 0.805. The van der Waals surface area contributed by atoms with Crippen molar-refractivity contribution in [3.8, 4) is 11.4 Å². The van der Waals surface area contributed by atoms with E-state index in [0.29, 0.717) is 12.2 Å². The number of nitrogen functional groups attached to an aromatic ring is 1. The fraction of sp³-hybridized carbons (Fsp3) is 0.143. The van der Waals surface area contributed by atoms with Gasteiger partial charge in [-0.15, -0.1) is 0 Å². The normalized spacial score (nSPS) is 10.9. The number of hydrogen-bond donors (Lipinski definition) is 1. The van der Waals surface area contributed by atoms with Gasteiger partial charge in [-0.25, -0.2) is 0 Å². The minimum atomic E-state index is 0.641. The molecular weight excluding hydrogens is 274 g/mol. The van der Waals surface area contributed by atoms with Crippen LogP contribution in [0.15, 0.2) is 42.7 Å². The summed E-state index contributed by atoms with van der Waals surface area (Å²) < 4.78 is 3.58. The molecule has 0 atom stereocenters. The van der Waals surface area contributed by atoms with Gasteiger partial charge in [0.15, 0.2) is 0 Å². The van der Waals surface area contributed by atoms with Crippen molar-refractivity contribution in [2.24, 2.45) is 7.05 Å². The number of rotatable bonds is 3. The predicted molar refractivity (Wildman–Crippen MR) is 79.4 cm³/mol. The Morgan fingerprint density at radius 3 is 2.60 bits per heavy atom. The monoisotopic (exact) mass is 287 g/mol. The van der Waals surface area contributed by atoms with Crippen molar-refractivity contribution in [1.82, 2.24) is 19.6 Å². The van der Waals surface area contributed by atoms with Gasteiger partial charge in [-0.3, -0.25) is 9.36 Å². The van der Waals surface area contributed by atoms with Crippen molar-refractivity contribution >= 4 is 17.3 Å². The molecule has 0 fully saturated rings. The van der Waals surface area contributed by atoms with E-state index in [2.05, 4.69) is 10.2 Å². The lowest BCUT2D eigenvalue weighted by molar-refractivity contribution is 0.685. The first-order valence-electron chi connectivity index (χ1n) is 6.19. The smallest absolute Gasteiger partial charge is 0.133 e. The van der Waals surface area contributed by atoms with Crippen molar-refractivity contribution < 1.29 is 0 Å². The van der Waals surface area contributed by atoms with E-state index in [1.165, 1.54) is 0 Å². The third-order valence-electron chi connectivity index (χ3n) is 3.11. The molecule has 0 saturated heterocycles. The van der Waals surface area contributed by atoms with Gasteiger partial charge >= 0.3 is 0 Å². The number of benzene rings is 1. The maximum atomic E-state index is 6.03. The minimum Gasteiger partial charge on any atom is -0.396 e. The topological polar surface area (TPSA) is 61.7 Å². The second-order valence-electron chi connectivity index (χ2n) is 4.60. The second-order valence-corrected chi connectivity index (χ2v) is 5.03. The number of nitrogens with two attached hydrogens (primary N) is 1. The van der Waals surface area contributed by atoms with Gasteiger partial charge in [0.05, 0.1) is 17.9 Å². The van der Waals surface area contributed by atoms with Crippen molar-refractivity contribution in [3.05, 3.63) is 53.3 Å². The van der Waals surface area contributed by atoms with Gasteiger partial charge in [-0.05, 0) is 23.8 Å². The maximum Gasteiger partial charge on any atom is 0.133 e. The Balaban J connectivity index is 1.89. The molecule has 0 spiro atoms. The van der Waals surface area contributed by atoms with Gasteiger partial charge in [0.2, 0.25) is 0 Å². The largest absolute Gasteiger partial charge is 0.396 e. The Labute approximate surface area is 121 Å². The van der Waals surface area contributed by atoms with E-state index in [1.807, 2.05) is 48.3 Å². The molecule has 0 unspecified atom stereocenters. The lowest BCUT2D eigenvalue weighted by atomic mass is 10.2. The summed E-state index contributed by atoms with van der Waals surface area (Å²) in [7, 11) is 1.87. The lowest BCUT2D eigenvalue weighted by Crippen LogP contribution is -2.01. The Bertz CT molecular complexity index is 726. The van der Waals surface area contributed by atoms with E-state index in [0.717, 1.165) is 22.0 Å². The zero-order chi connectivity index (χ0) is 14.1. The van der Waals surface area contributed by atoms with Crippen LogP contribution in [-0.4, -0.2) is 19.6 Å². The molecule has 2 N–H and O–H groups in total. The standard InChI is InChI=1S/C14H14ClN5/c1-19-13(6-7-17-19)14-12(16)9-20(18-14)8-10-2-4-11(15)5-3-10/h2-7,9H,8,16H2,1H3. The molecule has 2 heterocycles. The van der Waals surface area contributed by atoms with Crippen LogP contribution >= 0.6 is 11.6 Å². The van der Waals surface area contributed by atoms with Crippen molar-refractivity contribution in [2.45, 2.75) is 6.54 Å². The summed E-state index contributed by atoms with van der Waals surface area (Å²) in [6.07, 6.45) is 3.56. The summed E-state index contributed by atoms with van der Waals surface area (Å²) in [6, 6.07) is 9.58. The maximum absolute atomic E-state index is 6.03. The molecule has 0 aliphatic heterocycles. The van der Waals surface area contributed by atoms with E-state index < -0.39 is 0 Å². The SMILES string of the molecule is Cn1nccc1-c1nn(Cc2ccc(Cl)cc2)cc1N. The van der Waals surface area contributed by atoms with Gasteiger partial charge in [-0.2, -0.15) is 10.2 Å². The Morgan fingerprint density at radius 2 is 1.95 bits per heavy atom. The molecule has 5 nitrogen and oxygen atoms in total. The highest BCUT2D eigenvalue weighted by atomic mass is 35.5. The molecule has 0 aliphatic carbocycles. The molecule has 3 rings (SSSR count). The van der Waals surface area contributed by atoms with Crippen molar-refractivity contribution in [2.75, 3.05) is 5.73 Å². The molecule has 0 bridgehead atoms. The fourth-order valence-corrected chi connectivity index (χ4v) is 2.23. The van der Waals surface area contributed by atoms with Crippen LogP contribution in [0.1, 0.15) is 5.56 Å². The molecule has 0 saturated carbocycles. The van der Waals surface area contributed by atoms with Gasteiger partial charge < -0.3 is 5.73 Å². The fourth-order valence-electron chi connectivity index (χ4n) is 2.10. The second kappa shape index (κ2) is 5.02. The van der Waals surface area contributed by atoms with Gasteiger partial charge in [0, 0.05) is 24.5 Å². The summed E-state index contributed by atoms with van der Waals surface area (Å²) in [5.74, 6) is 0. The summed E-state index contributed by atoms with van der Waals surface area (Å²) >= 11 is 5.88. The number of aromatic nitrogens is 4. The first-order valence-corrected chi connectivity index (χ1v) is 6.57. The highest BCUT2D eigenvalue weighted by Gasteiger charge is 2.11. The van der Waals surface area contributed by atoms with Crippen LogP contribution in [0.2, 0.25) is 5.02 Å². The van der Waals surface area contributed by atoms with E-state index in [-0.39, 0.29) is 0 Å². The Morgan fingerprint density at radius 1 is 1.20 bits per heavy atom. The Kier molecular flexibility index (Phi) is 3.20. The lowest BCUT2D eigenvalue weighted by Gasteiger charge is -2.02. The number of aryl methyl sites for hydroxylation is 1. The number of nitrogens with zero attached hydrogens (tertiary/aromatic N) is 4. The summed E-state index contributed by atoms with van der Waals surface area (Å²) in [5.41, 5.74) is 9.44. The molecular formula is C14H14ClN5. The molecule has 6 heteroatoms. The highest BCUT2D eigenvalue weighted by Crippen LogP contribution is 2.23. The molecule has 0 aliphatic rings. The molecule has 2 aromatic heterocycles. The minimum absolute atomic E-state index is 0.641. The number of anilines is 1. The number of hydrogen-bond acceptors (Lipinski definition) is 3. The zero-order valence-electron chi connectivity index (χ0n) is 11.0. The average molecular weight is 288 g/mol. The third kappa shape index (κ3) is 2.40. The first-order chi connectivity index (χ1) is 9.63. The summed E-state index contributed by atoms with van der Waals surface area (Å²) in [4.78, 5) is 0. The Hall–Kier alpha value is -2.27.